The van der Waals surface area contributed by atoms with Crippen LogP contribution in [-0.4, -0.2) is 41.4 Å². The largest absolute Gasteiger partial charge is 0.497 e. The smallest absolute Gasteiger partial charge is 0.262 e. The van der Waals surface area contributed by atoms with Crippen molar-refractivity contribution in [2.75, 3.05) is 26.0 Å². The fourth-order valence-electron chi connectivity index (χ4n) is 4.42. The molecule has 11 heteroatoms. The van der Waals surface area contributed by atoms with Crippen LogP contribution in [-0.2, 0) is 11.3 Å². The summed E-state index contributed by atoms with van der Waals surface area (Å²) < 4.78 is 28.8. The summed E-state index contributed by atoms with van der Waals surface area (Å²) in [6, 6.07) is 16.1. The Kier molecular flexibility index (Phi) is 6.65. The van der Waals surface area contributed by atoms with E-state index in [1.54, 1.807) is 48.1 Å². The number of hydrogen-bond acceptors (Lipinski definition) is 9. The molecule has 0 bridgehead atoms. The molecule has 0 saturated heterocycles. The number of nitrogens with one attached hydrogen (secondary N) is 1. The Morgan fingerprint density at radius 1 is 1.03 bits per heavy atom. The number of fused-ring (bicyclic) bond motifs is 3. The molecular formula is C28H25N3O7S. The number of amides is 1. The lowest BCUT2D eigenvalue weighted by atomic mass is 10.2. The molecule has 39 heavy (non-hydrogen) atoms. The zero-order chi connectivity index (χ0) is 26.9. The fourth-order valence-corrected chi connectivity index (χ4v) is 5.43. The van der Waals surface area contributed by atoms with E-state index in [4.69, 9.17) is 28.7 Å². The van der Waals surface area contributed by atoms with Crippen LogP contribution in [0.5, 0.6) is 28.7 Å². The first-order chi connectivity index (χ1) is 19.0. The third kappa shape index (κ3) is 4.92. The molecule has 1 aromatic heterocycles. The summed E-state index contributed by atoms with van der Waals surface area (Å²) in [5, 5.41) is 3.25. The van der Waals surface area contributed by atoms with Gasteiger partial charge >= 0.3 is 0 Å². The van der Waals surface area contributed by atoms with Gasteiger partial charge in [0.2, 0.25) is 19.5 Å². The number of carbonyl (C=O) groups is 1. The third-order valence-corrected chi connectivity index (χ3v) is 7.79. The van der Waals surface area contributed by atoms with Gasteiger partial charge in [-0.1, -0.05) is 30.8 Å². The summed E-state index contributed by atoms with van der Waals surface area (Å²) in [5.74, 6) is 2.75. The lowest BCUT2D eigenvalue weighted by Crippen LogP contribution is -2.28. The standard InChI is InChI=1S/C28H25N3O7S/c1-3-25(26(32)29-17-5-4-6-18(10-17)34-2)39-28-30-20-12-24-23(37-15-38-24)11-19(20)27(33)31(28)13-16-7-8-21-22(9-16)36-14-35-21/h4-12,25H,3,13-15H2,1-2H3,(H,29,32)/t25-/m1/s1. The Balaban J connectivity index is 1.37. The van der Waals surface area contributed by atoms with Crippen molar-refractivity contribution in [1.29, 1.82) is 0 Å². The molecule has 0 unspecified atom stereocenters. The highest BCUT2D eigenvalue weighted by atomic mass is 32.2. The highest BCUT2D eigenvalue weighted by Crippen LogP contribution is 2.36. The molecule has 10 nitrogen and oxygen atoms in total. The predicted octanol–water partition coefficient (Wildman–Crippen LogP) is 4.42. The van der Waals surface area contributed by atoms with Gasteiger partial charge in [0, 0.05) is 17.8 Å². The van der Waals surface area contributed by atoms with Gasteiger partial charge in [-0.25, -0.2) is 4.98 Å². The van der Waals surface area contributed by atoms with E-state index in [1.165, 1.54) is 11.8 Å². The molecule has 4 aromatic rings. The minimum absolute atomic E-state index is 0.0843. The van der Waals surface area contributed by atoms with Crippen molar-refractivity contribution in [2.45, 2.75) is 30.3 Å². The fraction of sp³-hybridized carbons (Fsp3) is 0.250. The van der Waals surface area contributed by atoms with Crippen LogP contribution in [0.25, 0.3) is 10.9 Å². The Labute approximate surface area is 227 Å². The van der Waals surface area contributed by atoms with E-state index in [9.17, 15) is 9.59 Å². The molecule has 0 saturated carbocycles. The van der Waals surface area contributed by atoms with Crippen molar-refractivity contribution in [1.82, 2.24) is 9.55 Å². The average molecular weight is 548 g/mol. The second kappa shape index (κ2) is 10.4. The summed E-state index contributed by atoms with van der Waals surface area (Å²) in [5.41, 5.74) is 1.67. The van der Waals surface area contributed by atoms with Crippen LogP contribution in [0.4, 0.5) is 5.69 Å². The van der Waals surface area contributed by atoms with Crippen molar-refractivity contribution in [3.63, 3.8) is 0 Å². The van der Waals surface area contributed by atoms with Crippen molar-refractivity contribution >= 4 is 34.3 Å². The molecule has 2 aliphatic heterocycles. The van der Waals surface area contributed by atoms with Crippen LogP contribution in [0.2, 0.25) is 0 Å². The quantitative estimate of drug-likeness (QED) is 0.253. The van der Waals surface area contributed by atoms with Gasteiger partial charge in [-0.2, -0.15) is 0 Å². The molecule has 200 valence electrons. The second-order valence-electron chi connectivity index (χ2n) is 8.93. The maximum Gasteiger partial charge on any atom is 0.262 e. The van der Waals surface area contributed by atoms with Crippen LogP contribution < -0.4 is 34.6 Å². The topological polar surface area (TPSA) is 110 Å². The molecule has 2 aliphatic rings. The highest BCUT2D eigenvalue weighted by Gasteiger charge is 2.25. The maximum atomic E-state index is 13.8. The summed E-state index contributed by atoms with van der Waals surface area (Å²) in [7, 11) is 1.57. The number of hydrogen-bond donors (Lipinski definition) is 1. The molecule has 0 radical (unpaired) electrons. The van der Waals surface area contributed by atoms with E-state index < -0.39 is 5.25 Å². The Bertz CT molecular complexity index is 1640. The molecule has 3 heterocycles. The Hall–Kier alpha value is -4.38. The average Bonchev–Trinajstić information content (AvgIpc) is 3.61. The summed E-state index contributed by atoms with van der Waals surface area (Å²) in [4.78, 5) is 31.9. The Morgan fingerprint density at radius 3 is 2.54 bits per heavy atom. The molecule has 1 amide bonds. The summed E-state index contributed by atoms with van der Waals surface area (Å²) in [6.07, 6.45) is 0.513. The van der Waals surface area contributed by atoms with E-state index in [0.29, 0.717) is 56.9 Å². The minimum atomic E-state index is -0.516. The normalized spacial score (nSPS) is 13.9. The van der Waals surface area contributed by atoms with Crippen LogP contribution >= 0.6 is 11.8 Å². The van der Waals surface area contributed by atoms with Crippen molar-refractivity contribution in [2.24, 2.45) is 0 Å². The van der Waals surface area contributed by atoms with Gasteiger partial charge in [-0.15, -0.1) is 0 Å². The van der Waals surface area contributed by atoms with Gasteiger partial charge in [0.1, 0.15) is 5.75 Å². The van der Waals surface area contributed by atoms with Gasteiger partial charge in [0.05, 0.1) is 29.8 Å². The first-order valence-electron chi connectivity index (χ1n) is 12.4. The molecule has 1 N–H and O–H groups in total. The highest BCUT2D eigenvalue weighted by molar-refractivity contribution is 8.00. The zero-order valence-corrected chi connectivity index (χ0v) is 22.1. The van der Waals surface area contributed by atoms with Crippen LogP contribution in [0.1, 0.15) is 18.9 Å². The van der Waals surface area contributed by atoms with Crippen molar-refractivity contribution < 1.29 is 28.5 Å². The number of thioether (sulfide) groups is 1. The van der Waals surface area contributed by atoms with E-state index in [0.717, 1.165) is 5.56 Å². The van der Waals surface area contributed by atoms with E-state index in [-0.39, 0.29) is 31.6 Å². The number of carbonyl (C=O) groups excluding carboxylic acids is 1. The molecule has 3 aromatic carbocycles. The van der Waals surface area contributed by atoms with Crippen LogP contribution in [0.15, 0.2) is 64.5 Å². The monoisotopic (exact) mass is 547 g/mol. The van der Waals surface area contributed by atoms with Gasteiger partial charge in [0.25, 0.3) is 5.56 Å². The van der Waals surface area contributed by atoms with Gasteiger partial charge in [-0.05, 0) is 42.3 Å². The lowest BCUT2D eigenvalue weighted by Gasteiger charge is -2.18. The molecule has 0 aliphatic carbocycles. The molecule has 0 spiro atoms. The summed E-state index contributed by atoms with van der Waals surface area (Å²) in [6.45, 7) is 2.39. The minimum Gasteiger partial charge on any atom is -0.497 e. The van der Waals surface area contributed by atoms with Crippen molar-refractivity contribution in [3.05, 3.63) is 70.5 Å². The van der Waals surface area contributed by atoms with Crippen LogP contribution in [0.3, 0.4) is 0 Å². The van der Waals surface area contributed by atoms with Crippen LogP contribution in [0, 0.1) is 0 Å². The van der Waals surface area contributed by atoms with E-state index in [1.807, 2.05) is 25.1 Å². The first kappa shape index (κ1) is 24.9. The second-order valence-corrected chi connectivity index (χ2v) is 10.1. The molecular weight excluding hydrogens is 522 g/mol. The molecule has 0 fully saturated rings. The van der Waals surface area contributed by atoms with Crippen molar-refractivity contribution in [3.8, 4) is 28.7 Å². The van der Waals surface area contributed by atoms with E-state index in [2.05, 4.69) is 5.32 Å². The molecule has 1 atom stereocenters. The number of anilines is 1. The first-order valence-corrected chi connectivity index (χ1v) is 13.2. The number of rotatable bonds is 8. The zero-order valence-electron chi connectivity index (χ0n) is 21.3. The SMILES string of the molecule is CC[C@@H](Sc1nc2cc3c(cc2c(=O)n1Cc1ccc2c(c1)OCO2)OCO3)C(=O)Nc1cccc(OC)c1. The van der Waals surface area contributed by atoms with Gasteiger partial charge in [0.15, 0.2) is 28.2 Å². The number of nitrogens with zero attached hydrogens (tertiary/aromatic N) is 2. The number of methoxy groups -OCH3 is 1. The predicted molar refractivity (Wildman–Crippen MR) is 145 cm³/mol. The van der Waals surface area contributed by atoms with E-state index >= 15 is 0 Å². The Morgan fingerprint density at radius 2 is 1.77 bits per heavy atom. The lowest BCUT2D eigenvalue weighted by molar-refractivity contribution is -0.115. The number of benzene rings is 3. The van der Waals surface area contributed by atoms with Gasteiger partial charge < -0.3 is 29.0 Å². The number of ether oxygens (including phenoxy) is 5. The summed E-state index contributed by atoms with van der Waals surface area (Å²) >= 11 is 1.24. The maximum absolute atomic E-state index is 13.8. The van der Waals surface area contributed by atoms with Gasteiger partial charge in [-0.3, -0.25) is 14.2 Å². The third-order valence-electron chi connectivity index (χ3n) is 6.44. The number of aromatic nitrogens is 2. The molecule has 6 rings (SSSR count).